The summed E-state index contributed by atoms with van der Waals surface area (Å²) in [5, 5.41) is 7.05. The van der Waals surface area contributed by atoms with Crippen LogP contribution in [-0.2, 0) is 6.42 Å². The number of hydrogen-bond acceptors (Lipinski definition) is 6. The van der Waals surface area contributed by atoms with Crippen molar-refractivity contribution in [2.45, 2.75) is 39.0 Å². The van der Waals surface area contributed by atoms with Crippen molar-refractivity contribution >= 4 is 11.8 Å². The number of benzene rings is 2. The molecule has 36 heavy (non-hydrogen) atoms. The van der Waals surface area contributed by atoms with Gasteiger partial charge in [-0.1, -0.05) is 29.3 Å². The third-order valence-electron chi connectivity index (χ3n) is 6.53. The topological polar surface area (TPSA) is 91.6 Å². The van der Waals surface area contributed by atoms with Gasteiger partial charge in [0.25, 0.3) is 17.7 Å². The molecule has 1 saturated heterocycles. The zero-order valence-corrected chi connectivity index (χ0v) is 21.2. The van der Waals surface area contributed by atoms with Crippen LogP contribution in [-0.4, -0.2) is 71.5 Å². The van der Waals surface area contributed by atoms with Gasteiger partial charge in [0, 0.05) is 43.2 Å². The fraction of sp³-hybridized carbons (Fsp3) is 0.429. The molecule has 1 N–H and O–H groups in total. The first-order valence-electron chi connectivity index (χ1n) is 12.8. The maximum Gasteiger partial charge on any atom is 0.257 e. The summed E-state index contributed by atoms with van der Waals surface area (Å²) in [4.78, 5) is 33.7. The van der Waals surface area contributed by atoms with Gasteiger partial charge in [0.1, 0.15) is 0 Å². The molecule has 0 unspecified atom stereocenters. The largest absolute Gasteiger partial charge is 0.352 e. The number of piperidine rings is 1. The molecular formula is C28H35N5O3. The van der Waals surface area contributed by atoms with Crippen molar-refractivity contribution in [3.63, 3.8) is 0 Å². The average Bonchev–Trinajstić information content (AvgIpc) is 3.39. The number of amides is 2. The lowest BCUT2D eigenvalue weighted by molar-refractivity contribution is 0.0795. The Hall–Kier alpha value is -3.52. The number of nitrogens with zero attached hydrogens (tertiary/aromatic N) is 4. The number of carbonyl (C=O) groups is 2. The second-order valence-electron chi connectivity index (χ2n) is 9.45. The number of likely N-dealkylation sites (tertiary alicyclic amines) is 1. The molecule has 8 nitrogen and oxygen atoms in total. The van der Waals surface area contributed by atoms with Gasteiger partial charge in [0.05, 0.1) is 0 Å². The third kappa shape index (κ3) is 7.01. The van der Waals surface area contributed by atoms with Crippen LogP contribution in [0.4, 0.5) is 0 Å². The van der Waals surface area contributed by atoms with Crippen molar-refractivity contribution in [3.05, 3.63) is 71.0 Å². The van der Waals surface area contributed by atoms with Crippen LogP contribution in [0.3, 0.4) is 0 Å². The Morgan fingerprint density at radius 2 is 1.83 bits per heavy atom. The number of rotatable bonds is 10. The van der Waals surface area contributed by atoms with Crippen LogP contribution in [0.5, 0.6) is 0 Å². The van der Waals surface area contributed by atoms with Crippen molar-refractivity contribution in [3.8, 4) is 11.5 Å². The molecule has 0 spiro atoms. The lowest BCUT2D eigenvalue weighted by atomic mass is 10.1. The van der Waals surface area contributed by atoms with E-state index in [0.29, 0.717) is 42.4 Å². The van der Waals surface area contributed by atoms with Gasteiger partial charge in [-0.05, 0) is 82.2 Å². The molecule has 0 bridgehead atoms. The fourth-order valence-electron chi connectivity index (χ4n) is 4.39. The molecule has 8 heteroatoms. The summed E-state index contributed by atoms with van der Waals surface area (Å²) in [6.07, 6.45) is 5.34. The van der Waals surface area contributed by atoms with E-state index in [2.05, 4.69) is 20.4 Å². The van der Waals surface area contributed by atoms with Crippen LogP contribution < -0.4 is 5.32 Å². The number of aryl methyl sites for hydroxylation is 1. The molecule has 1 aliphatic heterocycles. The lowest BCUT2D eigenvalue weighted by Crippen LogP contribution is -2.33. The van der Waals surface area contributed by atoms with E-state index >= 15 is 0 Å². The Bertz CT molecular complexity index is 1150. The number of aromatic nitrogens is 2. The quantitative estimate of drug-likeness (QED) is 0.434. The molecular weight excluding hydrogens is 454 g/mol. The van der Waals surface area contributed by atoms with Crippen LogP contribution in [0.25, 0.3) is 11.5 Å². The Kier molecular flexibility index (Phi) is 8.84. The van der Waals surface area contributed by atoms with Crippen molar-refractivity contribution in [1.29, 1.82) is 0 Å². The smallest absolute Gasteiger partial charge is 0.257 e. The number of nitrogens with one attached hydrogen (secondary N) is 1. The zero-order chi connectivity index (χ0) is 25.3. The van der Waals surface area contributed by atoms with E-state index in [1.165, 1.54) is 32.4 Å². The van der Waals surface area contributed by atoms with Gasteiger partial charge in [0.2, 0.25) is 0 Å². The van der Waals surface area contributed by atoms with Crippen LogP contribution >= 0.6 is 0 Å². The van der Waals surface area contributed by atoms with Crippen LogP contribution in [0.1, 0.15) is 57.8 Å². The minimum absolute atomic E-state index is 0.0391. The molecule has 3 aromatic rings. The first-order valence-corrected chi connectivity index (χ1v) is 12.8. The van der Waals surface area contributed by atoms with Crippen LogP contribution in [0, 0.1) is 6.92 Å². The van der Waals surface area contributed by atoms with Crippen molar-refractivity contribution in [2.75, 3.05) is 39.8 Å². The van der Waals surface area contributed by atoms with E-state index in [0.717, 1.165) is 24.1 Å². The second kappa shape index (κ2) is 12.4. The van der Waals surface area contributed by atoms with Crippen molar-refractivity contribution in [1.82, 2.24) is 25.3 Å². The third-order valence-corrected chi connectivity index (χ3v) is 6.53. The second-order valence-corrected chi connectivity index (χ2v) is 9.45. The normalized spacial score (nSPS) is 13.9. The average molecular weight is 490 g/mol. The molecule has 190 valence electrons. The first-order chi connectivity index (χ1) is 17.5. The van der Waals surface area contributed by atoms with Crippen LogP contribution in [0.2, 0.25) is 0 Å². The molecule has 2 heterocycles. The molecule has 0 aliphatic carbocycles. The minimum Gasteiger partial charge on any atom is -0.352 e. The van der Waals surface area contributed by atoms with E-state index < -0.39 is 0 Å². The van der Waals surface area contributed by atoms with E-state index in [9.17, 15) is 9.59 Å². The lowest BCUT2D eigenvalue weighted by Gasteiger charge is -2.26. The number of carbonyl (C=O) groups excluding carboxylic acids is 2. The first kappa shape index (κ1) is 25.6. The highest BCUT2D eigenvalue weighted by Crippen LogP contribution is 2.18. The van der Waals surface area contributed by atoms with Gasteiger partial charge < -0.3 is 19.6 Å². The minimum atomic E-state index is -0.0762. The van der Waals surface area contributed by atoms with Gasteiger partial charge in [-0.3, -0.25) is 9.59 Å². The van der Waals surface area contributed by atoms with E-state index in [4.69, 9.17) is 4.52 Å². The van der Waals surface area contributed by atoms with Gasteiger partial charge in [-0.15, -0.1) is 0 Å². The molecule has 0 saturated carbocycles. The molecule has 1 fully saturated rings. The van der Waals surface area contributed by atoms with Crippen molar-refractivity contribution in [2.24, 2.45) is 0 Å². The summed E-state index contributed by atoms with van der Waals surface area (Å²) in [5.41, 5.74) is 3.07. The number of likely N-dealkylation sites (N-methyl/N-ethyl adjacent to an activating group) is 1. The number of hydrogen-bond donors (Lipinski definition) is 1. The standard InChI is InChI=1S/C28H35N5O3/c1-21-8-6-9-24(20-21)28(35)32(2)19-14-25-30-27(36-31-25)23-12-10-22(11-13-23)26(34)29-15-7-18-33-16-4-3-5-17-33/h6,8-13,20H,3-5,7,14-19H2,1-2H3,(H,29,34). The van der Waals surface area contributed by atoms with Gasteiger partial charge >= 0.3 is 0 Å². The highest BCUT2D eigenvalue weighted by atomic mass is 16.5. The summed E-state index contributed by atoms with van der Waals surface area (Å²) in [7, 11) is 1.77. The Balaban J connectivity index is 1.23. The predicted octanol–water partition coefficient (Wildman–Crippen LogP) is 3.97. The fourth-order valence-corrected chi connectivity index (χ4v) is 4.39. The highest BCUT2D eigenvalue weighted by Gasteiger charge is 2.15. The highest BCUT2D eigenvalue weighted by molar-refractivity contribution is 5.94. The molecule has 4 rings (SSSR count). The van der Waals surface area contributed by atoms with E-state index in [1.54, 1.807) is 24.1 Å². The van der Waals surface area contributed by atoms with Crippen LogP contribution in [0.15, 0.2) is 53.1 Å². The van der Waals surface area contributed by atoms with Gasteiger partial charge in [-0.25, -0.2) is 0 Å². The maximum atomic E-state index is 12.6. The summed E-state index contributed by atoms with van der Waals surface area (Å²) in [5.74, 6) is 0.811. The monoisotopic (exact) mass is 489 g/mol. The van der Waals surface area contributed by atoms with Gasteiger partial charge in [0.15, 0.2) is 5.82 Å². The molecule has 0 atom stereocenters. The Morgan fingerprint density at radius 3 is 2.58 bits per heavy atom. The summed E-state index contributed by atoms with van der Waals surface area (Å²) in [6, 6.07) is 14.7. The molecule has 0 radical (unpaired) electrons. The Labute approximate surface area is 212 Å². The summed E-state index contributed by atoms with van der Waals surface area (Å²) in [6.45, 7) is 6.50. The zero-order valence-electron chi connectivity index (χ0n) is 21.2. The Morgan fingerprint density at radius 1 is 1.06 bits per heavy atom. The van der Waals surface area contributed by atoms with Crippen molar-refractivity contribution < 1.29 is 14.1 Å². The summed E-state index contributed by atoms with van der Waals surface area (Å²) < 4.78 is 5.41. The maximum absolute atomic E-state index is 12.6. The van der Waals surface area contributed by atoms with E-state index in [-0.39, 0.29) is 11.8 Å². The SMILES string of the molecule is Cc1cccc(C(=O)N(C)CCc2noc(-c3ccc(C(=O)NCCCN4CCCCC4)cc3)n2)c1. The molecule has 2 aromatic carbocycles. The van der Waals surface area contributed by atoms with E-state index in [1.807, 2.05) is 43.3 Å². The molecule has 1 aromatic heterocycles. The summed E-state index contributed by atoms with van der Waals surface area (Å²) >= 11 is 0. The van der Waals surface area contributed by atoms with Gasteiger partial charge in [-0.2, -0.15) is 4.98 Å². The molecule has 1 aliphatic rings. The molecule has 2 amide bonds. The predicted molar refractivity (Wildman–Crippen MR) is 139 cm³/mol.